The average Bonchev–Trinajstić information content (AvgIpc) is 2.88. The molecule has 4 nitrogen and oxygen atoms in total. The Bertz CT molecular complexity index is 561. The molecule has 1 aliphatic rings. The standard InChI is InChI=1S/C16H21N3O/c1-12-5-7-14(8-6-12)16-18-17-15(20-16)11-19-9-3-4-13(2)10-19/h5-8,13H,3-4,9-11H2,1-2H3. The first kappa shape index (κ1) is 13.3. The first-order valence-electron chi connectivity index (χ1n) is 7.32. The van der Waals surface area contributed by atoms with Crippen LogP contribution in [0, 0.1) is 12.8 Å². The van der Waals surface area contributed by atoms with E-state index < -0.39 is 0 Å². The van der Waals surface area contributed by atoms with Gasteiger partial charge in [0.05, 0.1) is 6.54 Å². The summed E-state index contributed by atoms with van der Waals surface area (Å²) >= 11 is 0. The van der Waals surface area contributed by atoms with Gasteiger partial charge in [0.25, 0.3) is 0 Å². The molecular weight excluding hydrogens is 250 g/mol. The summed E-state index contributed by atoms with van der Waals surface area (Å²) < 4.78 is 5.78. The Kier molecular flexibility index (Phi) is 3.83. The van der Waals surface area contributed by atoms with Crippen LogP contribution in [0.4, 0.5) is 0 Å². The number of likely N-dealkylation sites (tertiary alicyclic amines) is 1. The minimum Gasteiger partial charge on any atom is -0.419 e. The Morgan fingerprint density at radius 1 is 1.25 bits per heavy atom. The second-order valence-corrected chi connectivity index (χ2v) is 5.85. The Morgan fingerprint density at radius 3 is 2.80 bits per heavy atom. The monoisotopic (exact) mass is 271 g/mol. The van der Waals surface area contributed by atoms with Crippen LogP contribution in [0.1, 0.15) is 31.2 Å². The van der Waals surface area contributed by atoms with E-state index >= 15 is 0 Å². The number of piperidine rings is 1. The third kappa shape index (κ3) is 3.07. The summed E-state index contributed by atoms with van der Waals surface area (Å²) in [5, 5.41) is 8.33. The SMILES string of the molecule is Cc1ccc(-c2nnc(CN3CCCC(C)C3)o2)cc1. The van der Waals surface area contributed by atoms with E-state index in [0.29, 0.717) is 5.89 Å². The summed E-state index contributed by atoms with van der Waals surface area (Å²) in [6.45, 7) is 7.40. The zero-order chi connectivity index (χ0) is 13.9. The van der Waals surface area contributed by atoms with Crippen molar-refractivity contribution in [3.8, 4) is 11.5 Å². The number of aryl methyl sites for hydroxylation is 1. The molecule has 1 aromatic carbocycles. The molecule has 0 amide bonds. The fourth-order valence-electron chi connectivity index (χ4n) is 2.75. The molecule has 106 valence electrons. The lowest BCUT2D eigenvalue weighted by Crippen LogP contribution is -2.33. The second kappa shape index (κ2) is 5.75. The molecule has 1 saturated heterocycles. The largest absolute Gasteiger partial charge is 0.419 e. The van der Waals surface area contributed by atoms with E-state index in [4.69, 9.17) is 4.42 Å². The summed E-state index contributed by atoms with van der Waals surface area (Å²) in [4.78, 5) is 2.40. The van der Waals surface area contributed by atoms with E-state index in [0.717, 1.165) is 37.0 Å². The van der Waals surface area contributed by atoms with Gasteiger partial charge in [-0.25, -0.2) is 0 Å². The lowest BCUT2D eigenvalue weighted by atomic mass is 10.0. The highest BCUT2D eigenvalue weighted by Crippen LogP contribution is 2.21. The molecule has 0 spiro atoms. The van der Waals surface area contributed by atoms with Crippen molar-refractivity contribution in [2.24, 2.45) is 5.92 Å². The normalized spacial score (nSPS) is 20.2. The molecule has 0 bridgehead atoms. The van der Waals surface area contributed by atoms with Gasteiger partial charge >= 0.3 is 0 Å². The fourth-order valence-corrected chi connectivity index (χ4v) is 2.75. The van der Waals surface area contributed by atoms with Crippen LogP contribution in [0.5, 0.6) is 0 Å². The molecule has 1 aromatic heterocycles. The lowest BCUT2D eigenvalue weighted by Gasteiger charge is -2.29. The smallest absolute Gasteiger partial charge is 0.247 e. The summed E-state index contributed by atoms with van der Waals surface area (Å²) in [6, 6.07) is 8.17. The van der Waals surface area contributed by atoms with Gasteiger partial charge in [-0.1, -0.05) is 24.6 Å². The maximum atomic E-state index is 5.78. The molecule has 20 heavy (non-hydrogen) atoms. The van der Waals surface area contributed by atoms with E-state index in [9.17, 15) is 0 Å². The molecule has 1 atom stereocenters. The maximum Gasteiger partial charge on any atom is 0.247 e. The zero-order valence-corrected chi connectivity index (χ0v) is 12.2. The Balaban J connectivity index is 1.69. The van der Waals surface area contributed by atoms with Crippen molar-refractivity contribution in [1.82, 2.24) is 15.1 Å². The van der Waals surface area contributed by atoms with Crippen LogP contribution in [0.15, 0.2) is 28.7 Å². The van der Waals surface area contributed by atoms with Gasteiger partial charge in [0, 0.05) is 12.1 Å². The van der Waals surface area contributed by atoms with E-state index in [1.807, 2.05) is 12.1 Å². The first-order chi connectivity index (χ1) is 9.70. The van der Waals surface area contributed by atoms with Gasteiger partial charge < -0.3 is 4.42 Å². The van der Waals surface area contributed by atoms with E-state index in [-0.39, 0.29) is 0 Å². The lowest BCUT2D eigenvalue weighted by molar-refractivity contribution is 0.163. The number of rotatable bonds is 3. The van der Waals surface area contributed by atoms with Crippen LogP contribution in [0.25, 0.3) is 11.5 Å². The number of nitrogens with zero attached hydrogens (tertiary/aromatic N) is 3. The van der Waals surface area contributed by atoms with Gasteiger partial charge in [0.15, 0.2) is 0 Å². The molecule has 4 heteroatoms. The maximum absolute atomic E-state index is 5.78. The molecule has 3 rings (SSSR count). The molecule has 0 radical (unpaired) electrons. The quantitative estimate of drug-likeness (QED) is 0.859. The van der Waals surface area contributed by atoms with Crippen molar-refractivity contribution in [1.29, 1.82) is 0 Å². The molecule has 2 aromatic rings. The summed E-state index contributed by atoms with van der Waals surface area (Å²) in [5.41, 5.74) is 2.22. The summed E-state index contributed by atoms with van der Waals surface area (Å²) in [7, 11) is 0. The van der Waals surface area contributed by atoms with Gasteiger partial charge in [-0.3, -0.25) is 4.90 Å². The van der Waals surface area contributed by atoms with Gasteiger partial charge in [-0.2, -0.15) is 0 Å². The molecule has 0 saturated carbocycles. The molecule has 1 unspecified atom stereocenters. The minimum absolute atomic E-state index is 0.616. The minimum atomic E-state index is 0.616. The van der Waals surface area contributed by atoms with Crippen LogP contribution in [0.3, 0.4) is 0 Å². The first-order valence-corrected chi connectivity index (χ1v) is 7.32. The van der Waals surface area contributed by atoms with Crippen molar-refractivity contribution in [3.63, 3.8) is 0 Å². The second-order valence-electron chi connectivity index (χ2n) is 5.85. The predicted molar refractivity (Wildman–Crippen MR) is 78.1 cm³/mol. The van der Waals surface area contributed by atoms with E-state index in [1.165, 1.54) is 18.4 Å². The Labute approximate surface area is 119 Å². The van der Waals surface area contributed by atoms with Gasteiger partial charge in [0.2, 0.25) is 11.8 Å². The third-order valence-electron chi connectivity index (χ3n) is 3.87. The fraction of sp³-hybridized carbons (Fsp3) is 0.500. The van der Waals surface area contributed by atoms with Crippen molar-refractivity contribution in [2.45, 2.75) is 33.2 Å². The average molecular weight is 271 g/mol. The van der Waals surface area contributed by atoms with Crippen LogP contribution < -0.4 is 0 Å². The van der Waals surface area contributed by atoms with Crippen LogP contribution >= 0.6 is 0 Å². The molecule has 1 fully saturated rings. The van der Waals surface area contributed by atoms with Gasteiger partial charge in [-0.15, -0.1) is 10.2 Å². The van der Waals surface area contributed by atoms with Crippen LogP contribution in [-0.4, -0.2) is 28.2 Å². The van der Waals surface area contributed by atoms with Gasteiger partial charge in [0.1, 0.15) is 0 Å². The number of hydrogen-bond donors (Lipinski definition) is 0. The zero-order valence-electron chi connectivity index (χ0n) is 12.2. The molecule has 0 aliphatic carbocycles. The van der Waals surface area contributed by atoms with Crippen molar-refractivity contribution >= 4 is 0 Å². The Hall–Kier alpha value is -1.68. The predicted octanol–water partition coefficient (Wildman–Crippen LogP) is 3.28. The summed E-state index contributed by atoms with van der Waals surface area (Å²) in [6.07, 6.45) is 2.59. The molecule has 0 N–H and O–H groups in total. The van der Waals surface area contributed by atoms with Crippen molar-refractivity contribution in [2.75, 3.05) is 13.1 Å². The third-order valence-corrected chi connectivity index (χ3v) is 3.87. The molecule has 2 heterocycles. The summed E-state index contributed by atoms with van der Waals surface area (Å²) in [5.74, 6) is 2.10. The van der Waals surface area contributed by atoms with E-state index in [1.54, 1.807) is 0 Å². The van der Waals surface area contributed by atoms with Crippen LogP contribution in [0.2, 0.25) is 0 Å². The number of benzene rings is 1. The number of aromatic nitrogens is 2. The van der Waals surface area contributed by atoms with Gasteiger partial charge in [-0.05, 0) is 44.4 Å². The van der Waals surface area contributed by atoms with Crippen LogP contribution in [-0.2, 0) is 6.54 Å². The topological polar surface area (TPSA) is 42.2 Å². The molecular formula is C16H21N3O. The highest BCUT2D eigenvalue weighted by molar-refractivity contribution is 5.52. The highest BCUT2D eigenvalue weighted by Gasteiger charge is 2.18. The Morgan fingerprint density at radius 2 is 2.05 bits per heavy atom. The molecule has 1 aliphatic heterocycles. The van der Waals surface area contributed by atoms with Crippen molar-refractivity contribution in [3.05, 3.63) is 35.7 Å². The highest BCUT2D eigenvalue weighted by atomic mass is 16.4. The van der Waals surface area contributed by atoms with E-state index in [2.05, 4.69) is 41.1 Å². The van der Waals surface area contributed by atoms with Crippen molar-refractivity contribution < 1.29 is 4.42 Å². The number of hydrogen-bond acceptors (Lipinski definition) is 4.